The molecule has 1 aromatic carbocycles. The summed E-state index contributed by atoms with van der Waals surface area (Å²) in [5.41, 5.74) is 3.28. The van der Waals surface area contributed by atoms with Crippen LogP contribution in [0.1, 0.15) is 22.2 Å². The molecule has 0 atom stereocenters. The van der Waals surface area contributed by atoms with Crippen LogP contribution in [0, 0.1) is 6.92 Å². The summed E-state index contributed by atoms with van der Waals surface area (Å²) in [6, 6.07) is 12.1. The molecule has 3 aromatic rings. The highest BCUT2D eigenvalue weighted by Crippen LogP contribution is 2.36. The summed E-state index contributed by atoms with van der Waals surface area (Å²) in [5.74, 6) is 0.123. The standard InChI is InChI=1S/C16H13NOS/c1-10-9-15(11(2)18)19-16(10)13-5-3-7-14-12(13)6-4-8-17-14/h3-9H,1-2H3. The van der Waals surface area contributed by atoms with Crippen molar-refractivity contribution in [1.82, 2.24) is 4.98 Å². The van der Waals surface area contributed by atoms with Gasteiger partial charge < -0.3 is 0 Å². The largest absolute Gasteiger partial charge is 0.294 e. The Hall–Kier alpha value is -2.00. The van der Waals surface area contributed by atoms with Gasteiger partial charge in [0.25, 0.3) is 0 Å². The molecule has 0 spiro atoms. The number of nitrogens with zero attached hydrogens (tertiary/aromatic N) is 1. The van der Waals surface area contributed by atoms with Gasteiger partial charge in [-0.25, -0.2) is 0 Å². The smallest absolute Gasteiger partial charge is 0.169 e. The monoisotopic (exact) mass is 267 g/mol. The van der Waals surface area contributed by atoms with Gasteiger partial charge in [-0.1, -0.05) is 18.2 Å². The van der Waals surface area contributed by atoms with Crippen molar-refractivity contribution in [2.45, 2.75) is 13.8 Å². The van der Waals surface area contributed by atoms with E-state index in [2.05, 4.69) is 17.1 Å². The number of benzene rings is 1. The zero-order valence-electron chi connectivity index (χ0n) is 10.8. The predicted molar refractivity (Wildman–Crippen MR) is 79.8 cm³/mol. The van der Waals surface area contributed by atoms with Crippen LogP contribution in [-0.4, -0.2) is 10.8 Å². The molecule has 0 radical (unpaired) electrons. The Morgan fingerprint density at radius 1 is 1.21 bits per heavy atom. The second-order valence-electron chi connectivity index (χ2n) is 4.55. The second-order valence-corrected chi connectivity index (χ2v) is 5.61. The SMILES string of the molecule is CC(=O)c1cc(C)c(-c2cccc3ncccc23)s1. The van der Waals surface area contributed by atoms with E-state index in [9.17, 15) is 4.79 Å². The maximum atomic E-state index is 11.5. The lowest BCUT2D eigenvalue weighted by Crippen LogP contribution is -1.83. The number of carbonyl (C=O) groups excluding carboxylic acids is 1. The molecule has 0 fully saturated rings. The minimum atomic E-state index is 0.123. The number of thiophene rings is 1. The first kappa shape index (κ1) is 12.1. The van der Waals surface area contributed by atoms with E-state index in [0.717, 1.165) is 31.8 Å². The van der Waals surface area contributed by atoms with Gasteiger partial charge in [0, 0.05) is 22.0 Å². The van der Waals surface area contributed by atoms with Crippen molar-refractivity contribution in [2.75, 3.05) is 0 Å². The first-order chi connectivity index (χ1) is 9.16. The van der Waals surface area contributed by atoms with Crippen LogP contribution in [0.25, 0.3) is 21.3 Å². The number of ketones is 1. The van der Waals surface area contributed by atoms with Crippen molar-refractivity contribution in [3.8, 4) is 10.4 Å². The maximum Gasteiger partial charge on any atom is 0.169 e. The van der Waals surface area contributed by atoms with Gasteiger partial charge >= 0.3 is 0 Å². The number of hydrogen-bond acceptors (Lipinski definition) is 3. The Bertz CT molecular complexity index is 768. The van der Waals surface area contributed by atoms with Crippen LogP contribution in [0.5, 0.6) is 0 Å². The molecule has 0 aliphatic carbocycles. The summed E-state index contributed by atoms with van der Waals surface area (Å²) >= 11 is 1.56. The third-order valence-corrected chi connectivity index (χ3v) is 4.53. The zero-order chi connectivity index (χ0) is 13.4. The fraction of sp³-hybridized carbons (Fsp3) is 0.125. The number of carbonyl (C=O) groups is 1. The average molecular weight is 267 g/mol. The third kappa shape index (κ3) is 2.06. The number of Topliss-reactive ketones (excluding diaryl/α,β-unsaturated/α-hetero) is 1. The normalized spacial score (nSPS) is 10.8. The highest BCUT2D eigenvalue weighted by Gasteiger charge is 2.12. The number of fused-ring (bicyclic) bond motifs is 1. The second kappa shape index (κ2) is 4.59. The highest BCUT2D eigenvalue weighted by molar-refractivity contribution is 7.17. The van der Waals surface area contributed by atoms with E-state index < -0.39 is 0 Å². The van der Waals surface area contributed by atoms with Crippen LogP contribution >= 0.6 is 11.3 Å². The summed E-state index contributed by atoms with van der Waals surface area (Å²) in [6.45, 7) is 3.66. The molecule has 2 aromatic heterocycles. The van der Waals surface area contributed by atoms with Crippen molar-refractivity contribution >= 4 is 28.0 Å². The number of hydrogen-bond donors (Lipinski definition) is 0. The molecular weight excluding hydrogens is 254 g/mol. The van der Waals surface area contributed by atoms with Crippen LogP contribution in [0.15, 0.2) is 42.6 Å². The molecule has 0 N–H and O–H groups in total. The molecule has 3 rings (SSSR count). The predicted octanol–water partition coefficient (Wildman–Crippen LogP) is 4.47. The van der Waals surface area contributed by atoms with Gasteiger partial charge in [-0.15, -0.1) is 11.3 Å². The lowest BCUT2D eigenvalue weighted by atomic mass is 10.0. The van der Waals surface area contributed by atoms with Gasteiger partial charge in [-0.3, -0.25) is 9.78 Å². The van der Waals surface area contributed by atoms with Gasteiger partial charge in [-0.05, 0) is 37.6 Å². The maximum absolute atomic E-state index is 11.5. The van der Waals surface area contributed by atoms with E-state index in [0.29, 0.717) is 0 Å². The quantitative estimate of drug-likeness (QED) is 0.641. The number of rotatable bonds is 2. The number of aromatic nitrogens is 1. The lowest BCUT2D eigenvalue weighted by molar-refractivity contribution is 0.102. The molecule has 0 bridgehead atoms. The minimum Gasteiger partial charge on any atom is -0.294 e. The fourth-order valence-electron chi connectivity index (χ4n) is 2.22. The molecule has 0 aliphatic heterocycles. The van der Waals surface area contributed by atoms with Gasteiger partial charge in [0.15, 0.2) is 5.78 Å². The van der Waals surface area contributed by atoms with E-state index in [1.807, 2.05) is 31.2 Å². The first-order valence-electron chi connectivity index (χ1n) is 6.12. The van der Waals surface area contributed by atoms with Crippen molar-refractivity contribution in [3.05, 3.63) is 53.0 Å². The van der Waals surface area contributed by atoms with Crippen molar-refractivity contribution in [1.29, 1.82) is 0 Å². The van der Waals surface area contributed by atoms with Crippen LogP contribution in [0.2, 0.25) is 0 Å². The molecule has 94 valence electrons. The topological polar surface area (TPSA) is 30.0 Å². The summed E-state index contributed by atoms with van der Waals surface area (Å²) < 4.78 is 0. The first-order valence-corrected chi connectivity index (χ1v) is 6.94. The Kier molecular flexibility index (Phi) is 2.91. The molecule has 19 heavy (non-hydrogen) atoms. The Morgan fingerprint density at radius 3 is 2.79 bits per heavy atom. The molecule has 0 saturated carbocycles. The van der Waals surface area contributed by atoms with E-state index >= 15 is 0 Å². The van der Waals surface area contributed by atoms with Crippen molar-refractivity contribution in [2.24, 2.45) is 0 Å². The number of aryl methyl sites for hydroxylation is 1. The van der Waals surface area contributed by atoms with Crippen LogP contribution in [0.4, 0.5) is 0 Å². The van der Waals surface area contributed by atoms with E-state index in [-0.39, 0.29) is 5.78 Å². The Balaban J connectivity index is 2.27. The van der Waals surface area contributed by atoms with E-state index in [1.54, 1.807) is 24.5 Å². The summed E-state index contributed by atoms with van der Waals surface area (Å²) in [6.07, 6.45) is 1.80. The Morgan fingerprint density at radius 2 is 2.05 bits per heavy atom. The van der Waals surface area contributed by atoms with Gasteiger partial charge in [0.05, 0.1) is 10.4 Å². The molecule has 0 saturated heterocycles. The molecule has 2 nitrogen and oxygen atoms in total. The van der Waals surface area contributed by atoms with Crippen molar-refractivity contribution in [3.63, 3.8) is 0 Å². The van der Waals surface area contributed by atoms with E-state index in [4.69, 9.17) is 0 Å². The molecule has 0 aliphatic rings. The Labute approximate surface area is 115 Å². The minimum absolute atomic E-state index is 0.123. The van der Waals surface area contributed by atoms with Crippen LogP contribution in [-0.2, 0) is 0 Å². The average Bonchev–Trinajstić information content (AvgIpc) is 2.80. The van der Waals surface area contributed by atoms with Crippen LogP contribution in [0.3, 0.4) is 0 Å². The molecule has 2 heterocycles. The van der Waals surface area contributed by atoms with Gasteiger partial charge in [0.1, 0.15) is 0 Å². The van der Waals surface area contributed by atoms with Gasteiger partial charge in [-0.2, -0.15) is 0 Å². The number of pyridine rings is 1. The summed E-state index contributed by atoms with van der Waals surface area (Å²) in [7, 11) is 0. The van der Waals surface area contributed by atoms with Crippen molar-refractivity contribution < 1.29 is 4.79 Å². The lowest BCUT2D eigenvalue weighted by Gasteiger charge is -2.04. The fourth-order valence-corrected chi connectivity index (χ4v) is 3.33. The van der Waals surface area contributed by atoms with Crippen LogP contribution < -0.4 is 0 Å². The highest BCUT2D eigenvalue weighted by atomic mass is 32.1. The molecule has 3 heteroatoms. The third-order valence-electron chi connectivity index (χ3n) is 3.16. The van der Waals surface area contributed by atoms with E-state index in [1.165, 1.54) is 0 Å². The molecular formula is C16H13NOS. The summed E-state index contributed by atoms with van der Waals surface area (Å²) in [4.78, 5) is 17.9. The zero-order valence-corrected chi connectivity index (χ0v) is 11.6. The molecule has 0 unspecified atom stereocenters. The molecule has 0 amide bonds. The van der Waals surface area contributed by atoms with Gasteiger partial charge in [0.2, 0.25) is 0 Å². The summed E-state index contributed by atoms with van der Waals surface area (Å²) in [5, 5.41) is 1.13.